The molecule has 0 aliphatic carbocycles. The molecule has 2 heterocycles. The Kier molecular flexibility index (Phi) is 9.34. The van der Waals surface area contributed by atoms with Gasteiger partial charge in [-0.1, -0.05) is 26.7 Å². The van der Waals surface area contributed by atoms with Crippen molar-refractivity contribution in [3.05, 3.63) is 48.2 Å². The van der Waals surface area contributed by atoms with Crippen LogP contribution in [0.15, 0.2) is 41.1 Å². The van der Waals surface area contributed by atoms with Crippen molar-refractivity contribution in [2.45, 2.75) is 52.6 Å². The Balaban J connectivity index is 2.08. The second-order valence-electron chi connectivity index (χ2n) is 7.30. The van der Waals surface area contributed by atoms with Gasteiger partial charge in [0.15, 0.2) is 0 Å². The maximum absolute atomic E-state index is 13.2. The Bertz CT molecular complexity index is 739. The van der Waals surface area contributed by atoms with Crippen LogP contribution in [0.3, 0.4) is 0 Å². The zero-order valence-corrected chi connectivity index (χ0v) is 17.9. The van der Waals surface area contributed by atoms with Gasteiger partial charge in [-0.3, -0.25) is 4.79 Å². The molecule has 0 spiro atoms. The summed E-state index contributed by atoms with van der Waals surface area (Å²) in [7, 11) is 1.96. The summed E-state index contributed by atoms with van der Waals surface area (Å²) in [5.41, 5.74) is 1.03. The lowest BCUT2D eigenvalue weighted by atomic mass is 10.3. The summed E-state index contributed by atoms with van der Waals surface area (Å²) >= 11 is 0. The minimum Gasteiger partial charge on any atom is -0.467 e. The SMILES string of the molecule is CCCCNC(=O)N(CCCC)CC(=O)N(Cc1ccco1)Cc1cccn1C. The molecule has 0 atom stereocenters. The van der Waals surface area contributed by atoms with E-state index >= 15 is 0 Å². The van der Waals surface area contributed by atoms with Crippen molar-refractivity contribution in [1.82, 2.24) is 19.7 Å². The zero-order valence-electron chi connectivity index (χ0n) is 17.9. The van der Waals surface area contributed by atoms with E-state index in [0.29, 0.717) is 26.2 Å². The Hall–Kier alpha value is -2.70. The van der Waals surface area contributed by atoms with Crippen LogP contribution >= 0.6 is 0 Å². The van der Waals surface area contributed by atoms with E-state index in [-0.39, 0.29) is 18.5 Å². The number of unbranched alkanes of at least 4 members (excludes halogenated alkanes) is 2. The van der Waals surface area contributed by atoms with Crippen molar-refractivity contribution >= 4 is 11.9 Å². The normalized spacial score (nSPS) is 10.7. The first-order chi connectivity index (χ1) is 14.0. The number of carbonyl (C=O) groups is 2. The fraction of sp³-hybridized carbons (Fsp3) is 0.545. The van der Waals surface area contributed by atoms with Gasteiger partial charge in [0.25, 0.3) is 0 Å². The molecule has 0 radical (unpaired) electrons. The second kappa shape index (κ2) is 12.0. The number of aromatic nitrogens is 1. The summed E-state index contributed by atoms with van der Waals surface area (Å²) in [6.45, 7) is 6.25. The van der Waals surface area contributed by atoms with Crippen molar-refractivity contribution in [2.75, 3.05) is 19.6 Å². The molecular weight excluding hydrogens is 368 g/mol. The number of hydrogen-bond acceptors (Lipinski definition) is 3. The van der Waals surface area contributed by atoms with E-state index in [4.69, 9.17) is 4.42 Å². The van der Waals surface area contributed by atoms with Crippen molar-refractivity contribution in [3.63, 3.8) is 0 Å². The van der Waals surface area contributed by atoms with Gasteiger partial charge in [0.2, 0.25) is 5.91 Å². The summed E-state index contributed by atoms with van der Waals surface area (Å²) in [5, 5.41) is 2.93. The third kappa shape index (κ3) is 7.33. The van der Waals surface area contributed by atoms with Gasteiger partial charge in [0.1, 0.15) is 12.3 Å². The molecule has 2 aromatic rings. The molecule has 3 amide bonds. The molecule has 7 heteroatoms. The van der Waals surface area contributed by atoms with Crippen LogP contribution in [0.25, 0.3) is 0 Å². The number of amides is 3. The smallest absolute Gasteiger partial charge is 0.317 e. The summed E-state index contributed by atoms with van der Waals surface area (Å²) in [4.78, 5) is 29.1. The lowest BCUT2D eigenvalue weighted by Gasteiger charge is -2.27. The number of nitrogens with one attached hydrogen (secondary N) is 1. The molecule has 160 valence electrons. The average Bonchev–Trinajstić information content (AvgIpc) is 3.36. The Morgan fingerprint density at radius 3 is 2.48 bits per heavy atom. The number of aryl methyl sites for hydroxylation is 1. The molecule has 0 saturated carbocycles. The molecule has 0 aliphatic rings. The maximum Gasteiger partial charge on any atom is 0.317 e. The van der Waals surface area contributed by atoms with Crippen LogP contribution in [0, 0.1) is 0 Å². The van der Waals surface area contributed by atoms with E-state index in [2.05, 4.69) is 19.2 Å². The maximum atomic E-state index is 13.2. The summed E-state index contributed by atoms with van der Waals surface area (Å²) in [6, 6.07) is 7.46. The lowest BCUT2D eigenvalue weighted by Crippen LogP contribution is -2.47. The molecule has 0 aliphatic heterocycles. The van der Waals surface area contributed by atoms with E-state index in [9.17, 15) is 9.59 Å². The molecule has 0 saturated heterocycles. The Morgan fingerprint density at radius 2 is 1.86 bits per heavy atom. The van der Waals surface area contributed by atoms with Gasteiger partial charge in [-0.25, -0.2) is 4.79 Å². The topological polar surface area (TPSA) is 70.7 Å². The molecule has 0 fully saturated rings. The third-order valence-electron chi connectivity index (χ3n) is 4.89. The van der Waals surface area contributed by atoms with E-state index in [0.717, 1.165) is 37.1 Å². The fourth-order valence-corrected chi connectivity index (χ4v) is 3.03. The Morgan fingerprint density at radius 1 is 1.07 bits per heavy atom. The highest BCUT2D eigenvalue weighted by Crippen LogP contribution is 2.12. The minimum atomic E-state index is -0.169. The first kappa shape index (κ1) is 22.6. The summed E-state index contributed by atoms with van der Waals surface area (Å²) in [6.07, 6.45) is 7.34. The Labute approximate surface area is 173 Å². The predicted octanol–water partition coefficient (Wildman–Crippen LogP) is 3.76. The van der Waals surface area contributed by atoms with Gasteiger partial charge in [0.05, 0.1) is 19.4 Å². The molecule has 29 heavy (non-hydrogen) atoms. The van der Waals surface area contributed by atoms with Crippen LogP contribution in [-0.4, -0.2) is 45.9 Å². The van der Waals surface area contributed by atoms with Crippen LogP contribution < -0.4 is 5.32 Å². The van der Waals surface area contributed by atoms with Crippen LogP contribution in [0.1, 0.15) is 51.0 Å². The average molecular weight is 403 g/mol. The molecule has 1 N–H and O–H groups in total. The van der Waals surface area contributed by atoms with Gasteiger partial charge < -0.3 is 24.1 Å². The van der Waals surface area contributed by atoms with Crippen molar-refractivity contribution in [2.24, 2.45) is 7.05 Å². The van der Waals surface area contributed by atoms with Crippen LogP contribution in [-0.2, 0) is 24.9 Å². The fourth-order valence-electron chi connectivity index (χ4n) is 3.03. The molecule has 0 bridgehead atoms. The van der Waals surface area contributed by atoms with Crippen molar-refractivity contribution < 1.29 is 14.0 Å². The van der Waals surface area contributed by atoms with Crippen LogP contribution in [0.4, 0.5) is 4.79 Å². The van der Waals surface area contributed by atoms with Gasteiger partial charge >= 0.3 is 6.03 Å². The van der Waals surface area contributed by atoms with Crippen molar-refractivity contribution in [1.29, 1.82) is 0 Å². The minimum absolute atomic E-state index is 0.0586. The van der Waals surface area contributed by atoms with E-state index < -0.39 is 0 Å². The van der Waals surface area contributed by atoms with Crippen LogP contribution in [0.5, 0.6) is 0 Å². The molecule has 2 aromatic heterocycles. The number of hydrogen-bond donors (Lipinski definition) is 1. The summed E-state index contributed by atoms with van der Waals surface area (Å²) < 4.78 is 7.45. The molecule has 0 aromatic carbocycles. The first-order valence-electron chi connectivity index (χ1n) is 10.5. The molecule has 0 unspecified atom stereocenters. The molecule has 2 rings (SSSR count). The summed E-state index contributed by atoms with van der Waals surface area (Å²) in [5.74, 6) is 0.629. The van der Waals surface area contributed by atoms with Gasteiger partial charge in [0, 0.05) is 32.0 Å². The second-order valence-corrected chi connectivity index (χ2v) is 7.30. The number of nitrogens with zero attached hydrogens (tertiary/aromatic N) is 3. The van der Waals surface area contributed by atoms with Crippen molar-refractivity contribution in [3.8, 4) is 0 Å². The van der Waals surface area contributed by atoms with Crippen LogP contribution in [0.2, 0.25) is 0 Å². The molecule has 7 nitrogen and oxygen atoms in total. The highest BCUT2D eigenvalue weighted by atomic mass is 16.3. The third-order valence-corrected chi connectivity index (χ3v) is 4.89. The highest BCUT2D eigenvalue weighted by Gasteiger charge is 2.22. The number of rotatable bonds is 12. The lowest BCUT2D eigenvalue weighted by molar-refractivity contribution is -0.133. The van der Waals surface area contributed by atoms with E-state index in [1.165, 1.54) is 0 Å². The van der Waals surface area contributed by atoms with Gasteiger partial charge in [-0.15, -0.1) is 0 Å². The molecular formula is C22H34N4O3. The van der Waals surface area contributed by atoms with Gasteiger partial charge in [-0.05, 0) is 37.1 Å². The number of furan rings is 1. The highest BCUT2D eigenvalue weighted by molar-refractivity contribution is 5.84. The van der Waals surface area contributed by atoms with E-state index in [1.54, 1.807) is 16.1 Å². The largest absolute Gasteiger partial charge is 0.467 e. The quantitative estimate of drug-likeness (QED) is 0.550. The van der Waals surface area contributed by atoms with Gasteiger partial charge in [-0.2, -0.15) is 0 Å². The first-order valence-corrected chi connectivity index (χ1v) is 10.5. The number of carbonyl (C=O) groups excluding carboxylic acids is 2. The predicted molar refractivity (Wildman–Crippen MR) is 113 cm³/mol. The standard InChI is InChI=1S/C22H34N4O3/c1-4-6-12-23-22(28)25(14-7-5-2)18-21(27)26(17-20-11-9-15-29-20)16-19-10-8-13-24(19)3/h8-11,13,15H,4-7,12,14,16-18H2,1-3H3,(H,23,28). The number of urea groups is 1. The monoisotopic (exact) mass is 402 g/mol. The zero-order chi connectivity index (χ0) is 21.1. The van der Waals surface area contributed by atoms with E-state index in [1.807, 2.05) is 42.1 Å².